The number of carbonyl (C=O) groups is 1. The van der Waals surface area contributed by atoms with Crippen LogP contribution in [0.2, 0.25) is 0 Å². The first kappa shape index (κ1) is 23.3. The van der Waals surface area contributed by atoms with Crippen molar-refractivity contribution in [3.05, 3.63) is 65.5 Å². The molecule has 0 spiro atoms. The summed E-state index contributed by atoms with van der Waals surface area (Å²) in [7, 11) is 0. The Kier molecular flexibility index (Phi) is 8.56. The van der Waals surface area contributed by atoms with Crippen LogP contribution in [0.1, 0.15) is 54.9 Å². The van der Waals surface area contributed by atoms with Crippen molar-refractivity contribution in [2.45, 2.75) is 38.0 Å². The lowest BCUT2D eigenvalue weighted by atomic mass is 9.99. The number of imidazole rings is 1. The maximum atomic E-state index is 12.2. The first-order valence-corrected chi connectivity index (χ1v) is 10.7. The van der Waals surface area contributed by atoms with E-state index in [4.69, 9.17) is 5.73 Å². The van der Waals surface area contributed by atoms with Gasteiger partial charge in [0.25, 0.3) is 0 Å². The van der Waals surface area contributed by atoms with E-state index >= 15 is 0 Å². The monoisotopic (exact) mass is 432 g/mol. The molecule has 1 aromatic heterocycles. The van der Waals surface area contributed by atoms with Gasteiger partial charge >= 0.3 is 0 Å². The molecule has 0 bridgehead atoms. The van der Waals surface area contributed by atoms with Crippen LogP contribution in [0.4, 0.5) is 0 Å². The smallest absolute Gasteiger partial charge is 0.230 e. The number of aromatic nitrogens is 2. The second kappa shape index (κ2) is 10.7. The van der Waals surface area contributed by atoms with Crippen LogP contribution in [-0.2, 0) is 4.79 Å². The van der Waals surface area contributed by atoms with Crippen LogP contribution in [0.5, 0.6) is 0 Å². The number of H-pyrrole nitrogens is 1. The Bertz CT molecular complexity index is 893. The molecule has 0 aliphatic carbocycles. The molecule has 29 heavy (non-hydrogen) atoms. The number of thioether (sulfide) groups is 1. The molecule has 156 valence electrons. The predicted molar refractivity (Wildman–Crippen MR) is 125 cm³/mol. The summed E-state index contributed by atoms with van der Waals surface area (Å²) in [5.74, 6) is 1.75. The number of para-hydroxylation sites is 2. The number of halogens is 1. The summed E-state index contributed by atoms with van der Waals surface area (Å²) in [5, 5.41) is 3.04. The SMILES string of the molecule is CC(C)c1ccc(C(N)CNC(=O)CSC(C)c2nc3ccccc3[nH]2)cc1.Cl. The molecule has 0 saturated carbocycles. The van der Waals surface area contributed by atoms with Gasteiger partial charge in [-0.05, 0) is 36.1 Å². The molecule has 0 saturated heterocycles. The molecule has 2 atom stereocenters. The van der Waals surface area contributed by atoms with E-state index < -0.39 is 0 Å². The lowest BCUT2D eigenvalue weighted by molar-refractivity contribution is -0.118. The van der Waals surface area contributed by atoms with E-state index in [1.54, 1.807) is 11.8 Å². The fraction of sp³-hybridized carbons (Fsp3) is 0.364. The molecule has 0 aliphatic rings. The van der Waals surface area contributed by atoms with Crippen molar-refractivity contribution in [2.75, 3.05) is 12.3 Å². The van der Waals surface area contributed by atoms with Crippen molar-refractivity contribution in [2.24, 2.45) is 5.73 Å². The third-order valence-electron chi connectivity index (χ3n) is 4.81. The lowest BCUT2D eigenvalue weighted by Gasteiger charge is -2.15. The van der Waals surface area contributed by atoms with Crippen LogP contribution in [0.15, 0.2) is 48.5 Å². The number of rotatable bonds is 8. The molecule has 3 rings (SSSR count). The van der Waals surface area contributed by atoms with Crippen LogP contribution >= 0.6 is 24.2 Å². The summed E-state index contributed by atoms with van der Waals surface area (Å²) >= 11 is 1.56. The van der Waals surface area contributed by atoms with E-state index in [2.05, 4.69) is 48.2 Å². The highest BCUT2D eigenvalue weighted by molar-refractivity contribution is 8.00. The van der Waals surface area contributed by atoms with Gasteiger partial charge in [-0.15, -0.1) is 24.2 Å². The number of nitrogens with two attached hydrogens (primary N) is 1. The highest BCUT2D eigenvalue weighted by Crippen LogP contribution is 2.27. The zero-order chi connectivity index (χ0) is 20.1. The molecule has 5 nitrogen and oxygen atoms in total. The second-order valence-electron chi connectivity index (χ2n) is 7.32. The number of nitrogens with zero attached hydrogens (tertiary/aromatic N) is 1. The number of hydrogen-bond donors (Lipinski definition) is 3. The first-order valence-electron chi connectivity index (χ1n) is 9.62. The average molecular weight is 433 g/mol. The van der Waals surface area contributed by atoms with Gasteiger partial charge < -0.3 is 16.0 Å². The Morgan fingerprint density at radius 3 is 2.41 bits per heavy atom. The average Bonchev–Trinajstić information content (AvgIpc) is 3.14. The number of nitrogens with one attached hydrogen (secondary N) is 2. The summed E-state index contributed by atoms with van der Waals surface area (Å²) in [4.78, 5) is 20.1. The molecular weight excluding hydrogens is 404 g/mol. The number of hydrogen-bond acceptors (Lipinski definition) is 4. The van der Waals surface area contributed by atoms with Crippen LogP contribution in [-0.4, -0.2) is 28.2 Å². The minimum absolute atomic E-state index is 0. The molecular formula is C22H29ClN4OS. The molecule has 1 heterocycles. The Balaban J connectivity index is 0.00000300. The van der Waals surface area contributed by atoms with Gasteiger partial charge in [0.15, 0.2) is 0 Å². The molecule has 2 unspecified atom stereocenters. The van der Waals surface area contributed by atoms with E-state index in [1.165, 1.54) is 5.56 Å². The minimum Gasteiger partial charge on any atom is -0.353 e. The number of amides is 1. The van der Waals surface area contributed by atoms with Crippen molar-refractivity contribution in [3.8, 4) is 0 Å². The van der Waals surface area contributed by atoms with Gasteiger partial charge in [-0.3, -0.25) is 4.79 Å². The Morgan fingerprint density at radius 2 is 1.76 bits per heavy atom. The van der Waals surface area contributed by atoms with E-state index in [0.717, 1.165) is 22.4 Å². The van der Waals surface area contributed by atoms with E-state index in [1.807, 2.05) is 36.4 Å². The molecule has 7 heteroatoms. The molecule has 3 aromatic rings. The van der Waals surface area contributed by atoms with Crippen LogP contribution in [0.25, 0.3) is 11.0 Å². The Labute approximate surface area is 182 Å². The summed E-state index contributed by atoms with van der Waals surface area (Å²) in [5.41, 5.74) is 10.5. The highest BCUT2D eigenvalue weighted by atomic mass is 35.5. The topological polar surface area (TPSA) is 83.8 Å². The summed E-state index contributed by atoms with van der Waals surface area (Å²) in [6.45, 7) is 6.81. The summed E-state index contributed by atoms with van der Waals surface area (Å²) in [6.07, 6.45) is 0. The molecule has 2 aromatic carbocycles. The quantitative estimate of drug-likeness (QED) is 0.481. The van der Waals surface area contributed by atoms with E-state index in [-0.39, 0.29) is 29.6 Å². The zero-order valence-corrected chi connectivity index (χ0v) is 18.6. The van der Waals surface area contributed by atoms with Gasteiger partial charge in [-0.1, -0.05) is 50.2 Å². The summed E-state index contributed by atoms with van der Waals surface area (Å²) < 4.78 is 0. The fourth-order valence-corrected chi connectivity index (χ4v) is 3.74. The normalized spacial score (nSPS) is 13.1. The zero-order valence-electron chi connectivity index (χ0n) is 17.0. The van der Waals surface area contributed by atoms with Crippen LogP contribution < -0.4 is 11.1 Å². The van der Waals surface area contributed by atoms with Crippen molar-refractivity contribution in [3.63, 3.8) is 0 Å². The molecule has 0 fully saturated rings. The van der Waals surface area contributed by atoms with Crippen molar-refractivity contribution >= 4 is 41.1 Å². The van der Waals surface area contributed by atoms with Gasteiger partial charge in [0.1, 0.15) is 5.82 Å². The molecule has 1 amide bonds. The van der Waals surface area contributed by atoms with Gasteiger partial charge in [0.05, 0.1) is 22.0 Å². The highest BCUT2D eigenvalue weighted by Gasteiger charge is 2.14. The van der Waals surface area contributed by atoms with Gasteiger partial charge in [0, 0.05) is 12.6 Å². The minimum atomic E-state index is -0.206. The van der Waals surface area contributed by atoms with E-state index in [0.29, 0.717) is 18.2 Å². The number of aromatic amines is 1. The third kappa shape index (κ3) is 6.23. The van der Waals surface area contributed by atoms with Gasteiger partial charge in [-0.2, -0.15) is 0 Å². The van der Waals surface area contributed by atoms with Crippen molar-refractivity contribution in [1.82, 2.24) is 15.3 Å². The number of carbonyl (C=O) groups excluding carboxylic acids is 1. The number of benzene rings is 2. The summed E-state index contributed by atoms with van der Waals surface area (Å²) in [6, 6.07) is 16.0. The maximum Gasteiger partial charge on any atom is 0.230 e. The van der Waals surface area contributed by atoms with Crippen molar-refractivity contribution in [1.29, 1.82) is 0 Å². The molecule has 0 aliphatic heterocycles. The maximum absolute atomic E-state index is 12.2. The predicted octanol–water partition coefficient (Wildman–Crippen LogP) is 4.72. The first-order chi connectivity index (χ1) is 13.4. The fourth-order valence-electron chi connectivity index (χ4n) is 2.97. The van der Waals surface area contributed by atoms with E-state index in [9.17, 15) is 4.79 Å². The van der Waals surface area contributed by atoms with Gasteiger partial charge in [0.2, 0.25) is 5.91 Å². The van der Waals surface area contributed by atoms with Crippen molar-refractivity contribution < 1.29 is 4.79 Å². The van der Waals surface area contributed by atoms with Crippen LogP contribution in [0, 0.1) is 0 Å². The second-order valence-corrected chi connectivity index (χ2v) is 8.65. The standard InChI is InChI=1S/C22H28N4OS.ClH/c1-14(2)16-8-10-17(11-9-16)18(23)12-24-21(27)13-28-15(3)22-25-19-6-4-5-7-20(19)26-22;/h4-11,14-15,18H,12-13,23H2,1-3H3,(H,24,27)(H,25,26);1H. The van der Waals surface area contributed by atoms with Crippen LogP contribution in [0.3, 0.4) is 0 Å². The largest absolute Gasteiger partial charge is 0.353 e. The third-order valence-corrected chi connectivity index (χ3v) is 5.96. The Hall–Kier alpha value is -2.02. The lowest BCUT2D eigenvalue weighted by Crippen LogP contribution is -2.33. The molecule has 0 radical (unpaired) electrons. The molecule has 4 N–H and O–H groups in total. The number of fused-ring (bicyclic) bond motifs is 1. The Morgan fingerprint density at radius 1 is 1.10 bits per heavy atom. The van der Waals surface area contributed by atoms with Gasteiger partial charge in [-0.25, -0.2) is 4.98 Å².